The molecule has 0 saturated carbocycles. The number of carbonyl (C=O) groups is 12. The van der Waals surface area contributed by atoms with Crippen LogP contribution in [0.15, 0.2) is 67.1 Å². The first-order valence-corrected chi connectivity index (χ1v) is 29.6. The van der Waals surface area contributed by atoms with Crippen LogP contribution in [0.4, 0.5) is 5.69 Å². The van der Waals surface area contributed by atoms with Gasteiger partial charge in [-0.05, 0) is 61.7 Å². The molecular formula is C57H80N14O20S. The number of hydrogen-bond donors (Lipinski definition) is 17. The van der Waals surface area contributed by atoms with Crippen molar-refractivity contribution in [1.82, 2.24) is 66.8 Å². The van der Waals surface area contributed by atoms with Crippen LogP contribution in [0, 0.1) is 0 Å². The molecule has 0 spiro atoms. The fraction of sp³-hybridized carbons (Fsp3) is 0.509. The highest BCUT2D eigenvalue weighted by atomic mass is 32.1. The molecule has 1 aromatic heterocycles. The number of aliphatic hydroxyl groups is 2. The second-order valence-corrected chi connectivity index (χ2v) is 21.9. The third-order valence-corrected chi connectivity index (χ3v) is 14.6. The van der Waals surface area contributed by atoms with Gasteiger partial charge in [0.05, 0.1) is 51.3 Å². The summed E-state index contributed by atoms with van der Waals surface area (Å²) in [5.41, 5.74) is 2.07. The Hall–Kier alpha value is -9.26. The summed E-state index contributed by atoms with van der Waals surface area (Å²) in [6, 6.07) is 4.40. The number of rotatable bonds is 36. The molecule has 1 fully saturated rings. The standard InChI is InChI=1S/C57H80N14O20S/c1-34(50(83)64-40(25-38-27-58-33-60-38)53(86)66-42(31-72)54(87)65-39(24-36-6-3-2-4-7-36)52(85)67-43(32-73)55(88)89)61-51(84)41(26-46(75)76)63-45(74)8-5-15-59-57(92)62-37-12-9-35(10-13-37)11-14-44(56(90)91)71-22-20-69(29-48(79)80)18-16-68(28-47(77)78)17-19-70(21-23-71)30-49(81)82/h2-4,6-7,9-10,12-13,27,33-34,39-44,72-73H,5,8,11,14-26,28-32H2,1H3,(H,58,60)(H,61,84)(H,63,74)(H,64,83)(H,65,87)(H,66,86)(H,67,85)(H,75,76)(H,77,78)(H,79,80)(H,81,82)(H,88,89)(H,90,91)(H2,59,62,92)/t34-,39-,40-,41-,42-,43-,44?/m0/s1. The van der Waals surface area contributed by atoms with Crippen LogP contribution in [0.25, 0.3) is 0 Å². The number of amides is 6. The van der Waals surface area contributed by atoms with E-state index in [0.717, 1.165) is 5.56 Å². The molecule has 6 amide bonds. The van der Waals surface area contributed by atoms with Crippen LogP contribution in [0.1, 0.15) is 49.4 Å². The van der Waals surface area contributed by atoms with Gasteiger partial charge in [0.2, 0.25) is 35.4 Å². The highest BCUT2D eigenvalue weighted by Crippen LogP contribution is 2.16. The minimum atomic E-state index is -1.76. The quantitative estimate of drug-likeness (QED) is 0.0192. The lowest BCUT2D eigenvalue weighted by Gasteiger charge is -2.35. The summed E-state index contributed by atoms with van der Waals surface area (Å²) in [7, 11) is 0. The minimum absolute atomic E-state index is 0.124. The first-order valence-electron chi connectivity index (χ1n) is 29.2. The summed E-state index contributed by atoms with van der Waals surface area (Å²) < 4.78 is 0. The van der Waals surface area contributed by atoms with Gasteiger partial charge in [-0.2, -0.15) is 0 Å². The van der Waals surface area contributed by atoms with E-state index in [1.165, 1.54) is 19.4 Å². The van der Waals surface area contributed by atoms with Gasteiger partial charge >= 0.3 is 35.8 Å². The Balaban J connectivity index is 1.29. The Morgan fingerprint density at radius 2 is 1.05 bits per heavy atom. The number of carboxylic acid groups (broad SMARTS) is 6. The number of aliphatic carboxylic acids is 6. The molecule has 7 atom stereocenters. The van der Waals surface area contributed by atoms with Crippen molar-refractivity contribution >= 4 is 94.3 Å². The van der Waals surface area contributed by atoms with E-state index >= 15 is 0 Å². The van der Waals surface area contributed by atoms with Gasteiger partial charge in [-0.15, -0.1) is 0 Å². The van der Waals surface area contributed by atoms with Crippen molar-refractivity contribution in [3.8, 4) is 0 Å². The van der Waals surface area contributed by atoms with Crippen molar-refractivity contribution < 1.29 is 98.4 Å². The number of anilines is 1. The lowest BCUT2D eigenvalue weighted by Crippen LogP contribution is -2.60. The average molecular weight is 1310 g/mol. The van der Waals surface area contributed by atoms with E-state index in [1.54, 1.807) is 74.2 Å². The van der Waals surface area contributed by atoms with Gasteiger partial charge in [0.1, 0.15) is 42.3 Å². The molecule has 3 aromatic rings. The molecule has 4 rings (SSSR count). The molecule has 92 heavy (non-hydrogen) atoms. The smallest absolute Gasteiger partial charge is 0.328 e. The molecule has 1 aliphatic heterocycles. The molecule has 0 bridgehead atoms. The Kier molecular flexibility index (Phi) is 32.0. The van der Waals surface area contributed by atoms with E-state index < -0.39 is 133 Å². The Morgan fingerprint density at radius 1 is 0.554 bits per heavy atom. The first-order chi connectivity index (χ1) is 43.7. The second kappa shape index (κ2) is 39.1. The van der Waals surface area contributed by atoms with Crippen LogP contribution >= 0.6 is 12.2 Å². The number of imidazole rings is 1. The van der Waals surface area contributed by atoms with Gasteiger partial charge in [-0.1, -0.05) is 42.5 Å². The zero-order valence-electron chi connectivity index (χ0n) is 50.4. The van der Waals surface area contributed by atoms with Crippen LogP contribution in [0.5, 0.6) is 0 Å². The first kappa shape index (κ1) is 75.2. The van der Waals surface area contributed by atoms with Gasteiger partial charge < -0.3 is 88.4 Å². The summed E-state index contributed by atoms with van der Waals surface area (Å²) >= 11 is 5.42. The number of hydrogen-bond acceptors (Lipinski definition) is 20. The van der Waals surface area contributed by atoms with Crippen LogP contribution in [-0.4, -0.2) is 281 Å². The Bertz CT molecular complexity index is 2950. The number of nitrogens with zero attached hydrogens (tertiary/aromatic N) is 5. The van der Waals surface area contributed by atoms with Crippen molar-refractivity contribution in [2.24, 2.45) is 0 Å². The number of aromatic amines is 1. The molecule has 1 saturated heterocycles. The zero-order chi connectivity index (χ0) is 67.9. The van der Waals surface area contributed by atoms with Crippen molar-refractivity contribution in [3.63, 3.8) is 0 Å². The molecule has 2 heterocycles. The molecule has 1 unspecified atom stereocenters. The van der Waals surface area contributed by atoms with Crippen molar-refractivity contribution in [1.29, 1.82) is 0 Å². The van der Waals surface area contributed by atoms with Crippen LogP contribution in [-0.2, 0) is 76.8 Å². The van der Waals surface area contributed by atoms with Crippen molar-refractivity contribution in [2.45, 2.75) is 94.2 Å². The number of aryl methyl sites for hydroxylation is 1. The zero-order valence-corrected chi connectivity index (χ0v) is 51.2. The van der Waals surface area contributed by atoms with E-state index in [4.69, 9.17) is 12.2 Å². The van der Waals surface area contributed by atoms with E-state index in [9.17, 15) is 98.4 Å². The summed E-state index contributed by atoms with van der Waals surface area (Å²) in [6.45, 7) is -0.503. The highest BCUT2D eigenvalue weighted by Gasteiger charge is 2.34. The largest absolute Gasteiger partial charge is 0.481 e. The number of aromatic nitrogens is 2. The summed E-state index contributed by atoms with van der Waals surface area (Å²) in [6.07, 6.45) is 1.61. The lowest BCUT2D eigenvalue weighted by atomic mass is 10.0. The molecule has 1 aliphatic rings. The van der Waals surface area contributed by atoms with Gasteiger partial charge in [0, 0.05) is 90.0 Å². The van der Waals surface area contributed by atoms with E-state index in [1.807, 2.05) is 0 Å². The maximum Gasteiger partial charge on any atom is 0.328 e. The minimum Gasteiger partial charge on any atom is -0.481 e. The summed E-state index contributed by atoms with van der Waals surface area (Å²) in [4.78, 5) is 165. The topological polar surface area (TPSA) is 505 Å². The Morgan fingerprint density at radius 3 is 1.55 bits per heavy atom. The van der Waals surface area contributed by atoms with Crippen LogP contribution < -0.4 is 42.5 Å². The number of nitrogens with one attached hydrogen (secondary N) is 9. The average Bonchev–Trinajstić information content (AvgIpc) is 1.64. The van der Waals surface area contributed by atoms with Gasteiger partial charge in [-0.25, -0.2) is 9.78 Å². The molecule has 504 valence electrons. The Labute approximate surface area is 532 Å². The van der Waals surface area contributed by atoms with Crippen LogP contribution in [0.3, 0.4) is 0 Å². The predicted molar refractivity (Wildman–Crippen MR) is 327 cm³/mol. The molecule has 2 aromatic carbocycles. The molecular weight excluding hydrogens is 1230 g/mol. The molecule has 0 aliphatic carbocycles. The summed E-state index contributed by atoms with van der Waals surface area (Å²) in [5.74, 6) is -13.5. The molecule has 0 radical (unpaired) electrons. The molecule has 35 heteroatoms. The third-order valence-electron chi connectivity index (χ3n) is 14.4. The second-order valence-electron chi connectivity index (χ2n) is 21.5. The number of carboxylic acids is 6. The summed E-state index contributed by atoms with van der Waals surface area (Å²) in [5, 5.41) is 97.7. The predicted octanol–water partition coefficient (Wildman–Crippen LogP) is -4.70. The maximum atomic E-state index is 13.8. The van der Waals surface area contributed by atoms with Crippen LogP contribution in [0.2, 0.25) is 0 Å². The van der Waals surface area contributed by atoms with Crippen molar-refractivity contribution in [3.05, 3.63) is 83.9 Å². The number of aliphatic hydroxyl groups excluding tert-OH is 2. The third kappa shape index (κ3) is 27.9. The SMILES string of the molecule is C[C@H](NC(=O)[C@H](CC(=O)O)NC(=O)CCCNC(=S)Nc1ccc(CCC(C(=O)O)N2CCN(CC(=O)O)CCN(CC(=O)O)CCN(CC(=O)O)CC2)cc1)C(=O)N[C@@H](Cc1c[nH]cn1)C(=O)N[C@@H](CO)C(=O)N[C@@H](Cc1ccccc1)C(=O)N[C@@H](CO)C(=O)O. The van der Waals surface area contributed by atoms with Gasteiger partial charge in [0.15, 0.2) is 5.11 Å². The van der Waals surface area contributed by atoms with E-state index in [-0.39, 0.29) is 121 Å². The normalized spacial score (nSPS) is 15.9. The number of carbonyl (C=O) groups excluding carboxylic acids is 6. The molecule has 34 nitrogen and oxygen atoms in total. The maximum absolute atomic E-state index is 13.8. The van der Waals surface area contributed by atoms with E-state index in [0.29, 0.717) is 17.7 Å². The van der Waals surface area contributed by atoms with Gasteiger partial charge in [-0.3, -0.25) is 72.3 Å². The van der Waals surface area contributed by atoms with Gasteiger partial charge in [0.25, 0.3) is 0 Å². The number of benzene rings is 2. The molecule has 17 N–H and O–H groups in total. The lowest BCUT2D eigenvalue weighted by molar-refractivity contribution is -0.145. The van der Waals surface area contributed by atoms with Crippen molar-refractivity contribution in [2.75, 3.05) is 97.1 Å². The fourth-order valence-corrected chi connectivity index (χ4v) is 9.68. The number of thiocarbonyl (C=S) groups is 1. The highest BCUT2D eigenvalue weighted by molar-refractivity contribution is 7.80. The monoisotopic (exact) mass is 1310 g/mol. The van der Waals surface area contributed by atoms with E-state index in [2.05, 4.69) is 52.5 Å². The fourth-order valence-electron chi connectivity index (χ4n) is 9.46. The number of H-pyrrole nitrogens is 1.